The van der Waals surface area contributed by atoms with Crippen LogP contribution in [0.5, 0.6) is 0 Å². The number of hydrogen-bond acceptors (Lipinski definition) is 5. The Morgan fingerprint density at radius 2 is 2.08 bits per heavy atom. The molecule has 6 nitrogen and oxygen atoms in total. The Morgan fingerprint density at radius 3 is 2.76 bits per heavy atom. The molecule has 3 rings (SSSR count). The lowest BCUT2D eigenvalue weighted by Crippen LogP contribution is -2.32. The zero-order chi connectivity index (χ0) is 16.9. The van der Waals surface area contributed by atoms with Crippen molar-refractivity contribution >= 4 is 29.9 Å². The standard InChI is InChI=1S/C17H21ClN4O2.ClH/c18-13-6-4-11(5-7-13)17-21-16(24-22-17)8-9-20-15(23)10-12-2-1-3-14(12)19;/h4-7,12,14H,1-3,8-10,19H2,(H,20,23);1H/t12-,14+;/m0./s1. The van der Waals surface area contributed by atoms with E-state index in [1.807, 2.05) is 12.1 Å². The summed E-state index contributed by atoms with van der Waals surface area (Å²) in [5, 5.41) is 7.50. The quantitative estimate of drug-likeness (QED) is 0.797. The summed E-state index contributed by atoms with van der Waals surface area (Å²) in [6.45, 7) is 0.475. The minimum absolute atomic E-state index is 0. The summed E-state index contributed by atoms with van der Waals surface area (Å²) in [5.41, 5.74) is 6.83. The van der Waals surface area contributed by atoms with Crippen molar-refractivity contribution in [2.45, 2.75) is 38.1 Å². The molecular weight excluding hydrogens is 363 g/mol. The van der Waals surface area contributed by atoms with E-state index in [0.29, 0.717) is 42.0 Å². The lowest BCUT2D eigenvalue weighted by Gasteiger charge is -2.14. The van der Waals surface area contributed by atoms with E-state index >= 15 is 0 Å². The molecule has 1 aromatic heterocycles. The van der Waals surface area contributed by atoms with E-state index in [4.69, 9.17) is 21.9 Å². The molecule has 1 aromatic carbocycles. The maximum atomic E-state index is 11.9. The SMILES string of the molecule is Cl.N[C@@H]1CCC[C@H]1CC(=O)NCCc1nc(-c2ccc(Cl)cc2)no1. The van der Waals surface area contributed by atoms with Gasteiger partial charge in [-0.2, -0.15) is 4.98 Å². The molecule has 136 valence electrons. The fourth-order valence-electron chi connectivity index (χ4n) is 3.01. The minimum Gasteiger partial charge on any atom is -0.356 e. The van der Waals surface area contributed by atoms with Crippen molar-refractivity contribution < 1.29 is 9.32 Å². The Kier molecular flexibility index (Phi) is 7.23. The molecule has 2 aromatic rings. The number of rotatable bonds is 6. The summed E-state index contributed by atoms with van der Waals surface area (Å²) in [7, 11) is 0. The number of nitrogens with zero attached hydrogens (tertiary/aromatic N) is 2. The number of carbonyl (C=O) groups excluding carboxylic acids is 1. The van der Waals surface area contributed by atoms with E-state index in [1.165, 1.54) is 0 Å². The molecular formula is C17H22Cl2N4O2. The van der Waals surface area contributed by atoms with Gasteiger partial charge in [0, 0.05) is 36.0 Å². The van der Waals surface area contributed by atoms with Crippen LogP contribution in [0.3, 0.4) is 0 Å². The molecule has 1 aliphatic carbocycles. The zero-order valence-electron chi connectivity index (χ0n) is 13.8. The Morgan fingerprint density at radius 1 is 1.32 bits per heavy atom. The summed E-state index contributed by atoms with van der Waals surface area (Å²) in [6, 6.07) is 7.39. The minimum atomic E-state index is 0. The third-order valence-electron chi connectivity index (χ3n) is 4.40. The van der Waals surface area contributed by atoms with E-state index in [-0.39, 0.29) is 24.4 Å². The lowest BCUT2D eigenvalue weighted by molar-refractivity contribution is -0.122. The fraction of sp³-hybridized carbons (Fsp3) is 0.471. The molecule has 0 radical (unpaired) electrons. The van der Waals surface area contributed by atoms with Crippen molar-refractivity contribution in [3.05, 3.63) is 35.2 Å². The molecule has 1 heterocycles. The first-order valence-electron chi connectivity index (χ1n) is 8.22. The van der Waals surface area contributed by atoms with Crippen LogP contribution in [0.1, 0.15) is 31.6 Å². The van der Waals surface area contributed by atoms with Crippen LogP contribution < -0.4 is 11.1 Å². The first-order valence-corrected chi connectivity index (χ1v) is 8.60. The van der Waals surface area contributed by atoms with Gasteiger partial charge in [-0.25, -0.2) is 0 Å². The molecule has 3 N–H and O–H groups in total. The summed E-state index contributed by atoms with van der Waals surface area (Å²) in [5.74, 6) is 1.36. The van der Waals surface area contributed by atoms with E-state index in [9.17, 15) is 4.79 Å². The largest absolute Gasteiger partial charge is 0.356 e. The molecule has 1 fully saturated rings. The van der Waals surface area contributed by atoms with Gasteiger partial charge in [0.15, 0.2) is 0 Å². The zero-order valence-corrected chi connectivity index (χ0v) is 15.4. The van der Waals surface area contributed by atoms with Gasteiger partial charge in [0.25, 0.3) is 0 Å². The van der Waals surface area contributed by atoms with Crippen LogP contribution >= 0.6 is 24.0 Å². The number of nitrogens with two attached hydrogens (primary N) is 1. The van der Waals surface area contributed by atoms with Crippen molar-refractivity contribution in [2.24, 2.45) is 11.7 Å². The van der Waals surface area contributed by atoms with Gasteiger partial charge in [-0.05, 0) is 43.0 Å². The monoisotopic (exact) mass is 384 g/mol. The number of halogens is 2. The van der Waals surface area contributed by atoms with E-state index < -0.39 is 0 Å². The summed E-state index contributed by atoms with van der Waals surface area (Å²) < 4.78 is 5.22. The second-order valence-corrected chi connectivity index (χ2v) is 6.61. The van der Waals surface area contributed by atoms with Crippen LogP contribution in [0, 0.1) is 5.92 Å². The van der Waals surface area contributed by atoms with Crippen LogP contribution in [0.25, 0.3) is 11.4 Å². The number of carbonyl (C=O) groups is 1. The first kappa shape index (κ1) is 19.7. The molecule has 1 saturated carbocycles. The third kappa shape index (κ3) is 5.42. The topological polar surface area (TPSA) is 94.0 Å². The highest BCUT2D eigenvalue weighted by Gasteiger charge is 2.25. The normalized spacial score (nSPS) is 19.4. The molecule has 0 aliphatic heterocycles. The molecule has 0 bridgehead atoms. The van der Waals surface area contributed by atoms with Crippen LogP contribution in [-0.4, -0.2) is 28.6 Å². The average molecular weight is 385 g/mol. The number of benzene rings is 1. The second kappa shape index (κ2) is 9.17. The van der Waals surface area contributed by atoms with Crippen LogP contribution in [-0.2, 0) is 11.2 Å². The van der Waals surface area contributed by atoms with Gasteiger partial charge in [0.1, 0.15) is 0 Å². The highest BCUT2D eigenvalue weighted by atomic mass is 35.5. The molecule has 0 unspecified atom stereocenters. The maximum Gasteiger partial charge on any atom is 0.228 e. The molecule has 1 amide bonds. The average Bonchev–Trinajstić information content (AvgIpc) is 3.18. The van der Waals surface area contributed by atoms with Gasteiger partial charge in [0.2, 0.25) is 17.6 Å². The first-order chi connectivity index (χ1) is 11.6. The van der Waals surface area contributed by atoms with Gasteiger partial charge in [0.05, 0.1) is 0 Å². The van der Waals surface area contributed by atoms with E-state index in [2.05, 4.69) is 15.5 Å². The Hall–Kier alpha value is -1.63. The summed E-state index contributed by atoms with van der Waals surface area (Å²) in [4.78, 5) is 16.3. The highest BCUT2D eigenvalue weighted by molar-refractivity contribution is 6.30. The molecule has 8 heteroatoms. The summed E-state index contributed by atoms with van der Waals surface area (Å²) >= 11 is 5.86. The number of hydrogen-bond donors (Lipinski definition) is 2. The Balaban J connectivity index is 0.00000225. The van der Waals surface area contributed by atoms with E-state index in [0.717, 1.165) is 24.8 Å². The Bertz CT molecular complexity index is 690. The molecule has 25 heavy (non-hydrogen) atoms. The molecule has 0 spiro atoms. The maximum absolute atomic E-state index is 11.9. The van der Waals surface area contributed by atoms with Crippen molar-refractivity contribution in [1.82, 2.24) is 15.5 Å². The van der Waals surface area contributed by atoms with Gasteiger partial charge >= 0.3 is 0 Å². The van der Waals surface area contributed by atoms with Crippen LogP contribution in [0.15, 0.2) is 28.8 Å². The Labute approximate surface area is 157 Å². The molecule has 0 saturated heterocycles. The lowest BCUT2D eigenvalue weighted by atomic mass is 10.00. The second-order valence-electron chi connectivity index (χ2n) is 6.18. The van der Waals surface area contributed by atoms with E-state index in [1.54, 1.807) is 12.1 Å². The van der Waals surface area contributed by atoms with Gasteiger partial charge in [-0.1, -0.05) is 23.2 Å². The summed E-state index contributed by atoms with van der Waals surface area (Å²) in [6.07, 6.45) is 4.19. The van der Waals surface area contributed by atoms with Gasteiger partial charge in [-0.3, -0.25) is 4.79 Å². The van der Waals surface area contributed by atoms with Gasteiger partial charge in [-0.15, -0.1) is 12.4 Å². The van der Waals surface area contributed by atoms with Crippen LogP contribution in [0.2, 0.25) is 5.02 Å². The van der Waals surface area contributed by atoms with Gasteiger partial charge < -0.3 is 15.6 Å². The predicted octanol–water partition coefficient (Wildman–Crippen LogP) is 2.99. The number of amides is 1. The predicted molar refractivity (Wildman–Crippen MR) is 98.6 cm³/mol. The van der Waals surface area contributed by atoms with Crippen LogP contribution in [0.4, 0.5) is 0 Å². The third-order valence-corrected chi connectivity index (χ3v) is 4.65. The van der Waals surface area contributed by atoms with Crippen molar-refractivity contribution in [2.75, 3.05) is 6.54 Å². The fourth-order valence-corrected chi connectivity index (χ4v) is 3.14. The highest BCUT2D eigenvalue weighted by Crippen LogP contribution is 2.26. The smallest absolute Gasteiger partial charge is 0.228 e. The number of nitrogens with one attached hydrogen (secondary N) is 1. The molecule has 1 aliphatic rings. The van der Waals surface area contributed by atoms with Crippen molar-refractivity contribution in [3.8, 4) is 11.4 Å². The van der Waals surface area contributed by atoms with Crippen molar-refractivity contribution in [1.29, 1.82) is 0 Å². The number of aromatic nitrogens is 2. The molecule has 2 atom stereocenters. The van der Waals surface area contributed by atoms with Crippen molar-refractivity contribution in [3.63, 3.8) is 0 Å².